The van der Waals surface area contributed by atoms with Crippen molar-refractivity contribution in [2.24, 2.45) is 0 Å². The van der Waals surface area contributed by atoms with Crippen LogP contribution < -0.4 is 4.90 Å². The molecular weight excluding hydrogens is 552 g/mol. The predicted octanol–water partition coefficient (Wildman–Crippen LogP) is 9.93. The van der Waals surface area contributed by atoms with E-state index in [4.69, 9.17) is 19.4 Å². The highest BCUT2D eigenvalue weighted by Gasteiger charge is 2.44. The third kappa shape index (κ3) is 4.05. The highest BCUT2D eigenvalue weighted by atomic mass is 16.3. The van der Waals surface area contributed by atoms with E-state index in [-0.39, 0.29) is 12.0 Å². The highest BCUT2D eigenvalue weighted by molar-refractivity contribution is 5.99. The summed E-state index contributed by atoms with van der Waals surface area (Å²) in [6.45, 7) is 2.17. The molecule has 0 spiro atoms. The van der Waals surface area contributed by atoms with Crippen molar-refractivity contribution in [1.82, 2.24) is 15.0 Å². The van der Waals surface area contributed by atoms with E-state index in [1.807, 2.05) is 60.7 Å². The van der Waals surface area contributed by atoms with Crippen molar-refractivity contribution in [3.63, 3.8) is 0 Å². The van der Waals surface area contributed by atoms with Gasteiger partial charge < -0.3 is 9.32 Å². The first-order chi connectivity index (χ1) is 22.2. The first kappa shape index (κ1) is 25.7. The molecule has 5 heteroatoms. The second-order valence-corrected chi connectivity index (χ2v) is 11.6. The van der Waals surface area contributed by atoms with Gasteiger partial charge in [-0.15, -0.1) is 0 Å². The first-order valence-electron chi connectivity index (χ1n) is 15.3. The number of benzene rings is 5. The number of rotatable bonds is 4. The standard InChI is InChI=1S/C40H28N4O/c1-25-21-22-31(40-42-38(26-13-5-2-6-14-26)41-39(43-40)27-15-7-3-8-16-27)37-34(25)35-33(45-37)24-23-30-29-19-11-12-20-32(29)44(36(30)35)28-17-9-4-10-18-28/h2-24,30,36H,1H3. The van der Waals surface area contributed by atoms with Crippen LogP contribution in [-0.2, 0) is 0 Å². The Balaban J connectivity index is 1.28. The minimum Gasteiger partial charge on any atom is -0.456 e. The highest BCUT2D eigenvalue weighted by Crippen LogP contribution is 2.58. The lowest BCUT2D eigenvalue weighted by atomic mass is 9.83. The normalized spacial score (nSPS) is 16.4. The predicted molar refractivity (Wildman–Crippen MR) is 180 cm³/mol. The van der Waals surface area contributed by atoms with Crippen LogP contribution in [0.5, 0.6) is 0 Å². The molecule has 0 N–H and O–H groups in total. The third-order valence-electron chi connectivity index (χ3n) is 9.01. The van der Waals surface area contributed by atoms with E-state index in [0.29, 0.717) is 17.5 Å². The lowest BCUT2D eigenvalue weighted by Gasteiger charge is -2.31. The van der Waals surface area contributed by atoms with Gasteiger partial charge in [-0.05, 0) is 48.4 Å². The van der Waals surface area contributed by atoms with Crippen molar-refractivity contribution in [2.75, 3.05) is 4.90 Å². The fourth-order valence-corrected chi connectivity index (χ4v) is 7.00. The smallest absolute Gasteiger partial charge is 0.167 e. The Morgan fingerprint density at radius 1 is 0.622 bits per heavy atom. The van der Waals surface area contributed by atoms with Crippen LogP contribution in [0, 0.1) is 6.92 Å². The lowest BCUT2D eigenvalue weighted by molar-refractivity contribution is 0.573. The molecule has 0 radical (unpaired) electrons. The van der Waals surface area contributed by atoms with Crippen LogP contribution in [0.4, 0.5) is 11.4 Å². The van der Waals surface area contributed by atoms with Gasteiger partial charge in [-0.25, -0.2) is 15.0 Å². The molecular formula is C40H28N4O. The van der Waals surface area contributed by atoms with E-state index in [2.05, 4.69) is 90.7 Å². The van der Waals surface area contributed by atoms with Gasteiger partial charge >= 0.3 is 0 Å². The van der Waals surface area contributed by atoms with Crippen LogP contribution in [0.15, 0.2) is 138 Å². The van der Waals surface area contributed by atoms with E-state index >= 15 is 0 Å². The van der Waals surface area contributed by atoms with Gasteiger partial charge in [0.05, 0.1) is 11.6 Å². The molecule has 2 unspecified atom stereocenters. The molecule has 0 bridgehead atoms. The maximum Gasteiger partial charge on any atom is 0.167 e. The first-order valence-corrected chi connectivity index (χ1v) is 15.3. The summed E-state index contributed by atoms with van der Waals surface area (Å²) in [7, 11) is 0. The van der Waals surface area contributed by atoms with E-state index in [1.54, 1.807) is 0 Å². The minimum atomic E-state index is 0.0538. The number of hydrogen-bond acceptors (Lipinski definition) is 5. The molecule has 5 nitrogen and oxygen atoms in total. The molecule has 1 aliphatic carbocycles. The van der Waals surface area contributed by atoms with Gasteiger partial charge in [-0.3, -0.25) is 0 Å². The van der Waals surface area contributed by atoms with Crippen molar-refractivity contribution in [1.29, 1.82) is 0 Å². The van der Waals surface area contributed by atoms with E-state index in [0.717, 1.165) is 39.0 Å². The van der Waals surface area contributed by atoms with Gasteiger partial charge in [0, 0.05) is 39.4 Å². The molecule has 2 aromatic heterocycles. The molecule has 2 aliphatic rings. The maximum absolute atomic E-state index is 6.83. The van der Waals surface area contributed by atoms with E-state index in [1.165, 1.54) is 22.5 Å². The van der Waals surface area contributed by atoms with Crippen molar-refractivity contribution < 1.29 is 4.42 Å². The summed E-state index contributed by atoms with van der Waals surface area (Å²) in [6.07, 6.45) is 4.46. The van der Waals surface area contributed by atoms with Crippen molar-refractivity contribution in [3.05, 3.63) is 156 Å². The van der Waals surface area contributed by atoms with Gasteiger partial charge in [0.1, 0.15) is 11.3 Å². The number of hydrogen-bond donors (Lipinski definition) is 0. The zero-order chi connectivity index (χ0) is 29.9. The number of furan rings is 1. The quantitative estimate of drug-likeness (QED) is 0.207. The Morgan fingerprint density at radius 2 is 1.22 bits per heavy atom. The van der Waals surface area contributed by atoms with Crippen LogP contribution in [0.2, 0.25) is 0 Å². The summed E-state index contributed by atoms with van der Waals surface area (Å²) in [5.74, 6) is 2.94. The molecule has 214 valence electrons. The SMILES string of the molecule is Cc1ccc(-c2nc(-c3ccccc3)nc(-c3ccccc3)n2)c2oc3c(c12)C1C(C=C3)c2ccccc2N1c1ccccc1. The molecule has 0 amide bonds. The summed E-state index contributed by atoms with van der Waals surface area (Å²) in [5.41, 5.74) is 9.63. The molecule has 7 aromatic rings. The monoisotopic (exact) mass is 580 g/mol. The Labute approximate surface area is 261 Å². The fourth-order valence-electron chi connectivity index (χ4n) is 7.00. The number of para-hydroxylation sites is 2. The summed E-state index contributed by atoms with van der Waals surface area (Å²) in [4.78, 5) is 17.5. The molecule has 9 rings (SSSR count). The van der Waals surface area contributed by atoms with Crippen LogP contribution in [0.25, 0.3) is 51.2 Å². The number of aryl methyl sites for hydroxylation is 1. The zero-order valence-corrected chi connectivity index (χ0v) is 24.6. The molecule has 5 aromatic carbocycles. The van der Waals surface area contributed by atoms with Crippen LogP contribution in [-0.4, -0.2) is 15.0 Å². The number of anilines is 2. The van der Waals surface area contributed by atoms with Crippen LogP contribution >= 0.6 is 0 Å². The molecule has 1 aliphatic heterocycles. The second kappa shape index (κ2) is 10.1. The molecule has 45 heavy (non-hydrogen) atoms. The minimum absolute atomic E-state index is 0.0538. The topological polar surface area (TPSA) is 55.1 Å². The summed E-state index contributed by atoms with van der Waals surface area (Å²) in [6, 6.07) is 43.9. The van der Waals surface area contributed by atoms with Crippen molar-refractivity contribution in [2.45, 2.75) is 18.9 Å². The van der Waals surface area contributed by atoms with E-state index < -0.39 is 0 Å². The number of fused-ring (bicyclic) bond motifs is 7. The maximum atomic E-state index is 6.83. The lowest BCUT2D eigenvalue weighted by Crippen LogP contribution is -2.23. The largest absolute Gasteiger partial charge is 0.456 e. The number of aromatic nitrogens is 3. The Hall–Kier alpha value is -5.81. The van der Waals surface area contributed by atoms with Crippen molar-refractivity contribution >= 4 is 28.4 Å². The Morgan fingerprint density at radius 3 is 1.91 bits per heavy atom. The average molecular weight is 581 g/mol. The third-order valence-corrected chi connectivity index (χ3v) is 9.01. The zero-order valence-electron chi connectivity index (χ0n) is 24.6. The molecule has 3 heterocycles. The van der Waals surface area contributed by atoms with Gasteiger partial charge in [0.25, 0.3) is 0 Å². The number of nitrogens with zero attached hydrogens (tertiary/aromatic N) is 4. The molecule has 0 saturated carbocycles. The second-order valence-electron chi connectivity index (χ2n) is 11.6. The Kier molecular flexibility index (Phi) is 5.78. The summed E-state index contributed by atoms with van der Waals surface area (Å²) < 4.78 is 6.83. The summed E-state index contributed by atoms with van der Waals surface area (Å²) >= 11 is 0. The van der Waals surface area contributed by atoms with Crippen LogP contribution in [0.1, 0.15) is 34.4 Å². The van der Waals surface area contributed by atoms with Gasteiger partial charge in [-0.1, -0.05) is 109 Å². The molecule has 0 saturated heterocycles. The average Bonchev–Trinajstić information content (AvgIpc) is 3.66. The van der Waals surface area contributed by atoms with Gasteiger partial charge in [0.15, 0.2) is 17.5 Å². The van der Waals surface area contributed by atoms with Gasteiger partial charge in [-0.2, -0.15) is 0 Å². The van der Waals surface area contributed by atoms with Crippen molar-refractivity contribution in [3.8, 4) is 34.2 Å². The van der Waals surface area contributed by atoms with Gasteiger partial charge in [0.2, 0.25) is 0 Å². The molecule has 0 fully saturated rings. The van der Waals surface area contributed by atoms with E-state index in [9.17, 15) is 0 Å². The molecule has 2 atom stereocenters. The summed E-state index contributed by atoms with van der Waals surface area (Å²) in [5, 5.41) is 1.12. The Bertz CT molecular complexity index is 2180. The van der Waals surface area contributed by atoms with Crippen LogP contribution in [0.3, 0.4) is 0 Å². The fraction of sp³-hybridized carbons (Fsp3) is 0.0750.